The first-order chi connectivity index (χ1) is 8.47. The van der Waals surface area contributed by atoms with E-state index in [1.807, 2.05) is 0 Å². The number of rotatable bonds is 3. The summed E-state index contributed by atoms with van der Waals surface area (Å²) in [5.74, 6) is 0.885. The maximum absolute atomic E-state index is 11.6. The fourth-order valence-electron chi connectivity index (χ4n) is 2.28. The minimum Gasteiger partial charge on any atom is -0.487 e. The van der Waals surface area contributed by atoms with Crippen molar-refractivity contribution >= 4 is 15.7 Å². The molecule has 2 rings (SSSR count). The van der Waals surface area contributed by atoms with Crippen LogP contribution in [0, 0.1) is 0 Å². The lowest BCUT2D eigenvalue weighted by Crippen LogP contribution is -2.33. The third-order valence-electron chi connectivity index (χ3n) is 3.28. The Morgan fingerprint density at radius 1 is 1.44 bits per heavy atom. The van der Waals surface area contributed by atoms with Gasteiger partial charge in [0.1, 0.15) is 15.9 Å². The van der Waals surface area contributed by atoms with Crippen molar-refractivity contribution in [2.75, 3.05) is 12.0 Å². The fourth-order valence-corrected chi connectivity index (χ4v) is 3.44. The molecule has 0 radical (unpaired) electrons. The molecule has 0 spiro atoms. The van der Waals surface area contributed by atoms with E-state index in [1.165, 1.54) is 6.26 Å². The third kappa shape index (κ3) is 3.13. The molecule has 100 valence electrons. The van der Waals surface area contributed by atoms with Crippen LogP contribution in [0.4, 0.5) is 5.82 Å². The SMILES string of the molecule is CS(=O)(=O)C1CCCC(Oc2cccnc2N)C1. The van der Waals surface area contributed by atoms with Gasteiger partial charge in [0, 0.05) is 18.9 Å². The molecule has 18 heavy (non-hydrogen) atoms. The second-order valence-corrected chi connectivity index (χ2v) is 7.07. The van der Waals surface area contributed by atoms with E-state index in [0.29, 0.717) is 18.0 Å². The zero-order valence-corrected chi connectivity index (χ0v) is 11.2. The van der Waals surface area contributed by atoms with Crippen molar-refractivity contribution in [1.29, 1.82) is 0 Å². The minimum absolute atomic E-state index is 0.0926. The predicted molar refractivity (Wildman–Crippen MR) is 70.2 cm³/mol. The number of pyridine rings is 1. The summed E-state index contributed by atoms with van der Waals surface area (Å²) in [5, 5.41) is -0.297. The molecule has 2 unspecified atom stereocenters. The highest BCUT2D eigenvalue weighted by atomic mass is 32.2. The molecule has 1 aromatic rings. The van der Waals surface area contributed by atoms with Crippen LogP contribution in [0.2, 0.25) is 0 Å². The summed E-state index contributed by atoms with van der Waals surface area (Å²) in [6.07, 6.45) is 5.78. The minimum atomic E-state index is -2.99. The van der Waals surface area contributed by atoms with Crippen LogP contribution in [-0.4, -0.2) is 31.0 Å². The highest BCUT2D eigenvalue weighted by Crippen LogP contribution is 2.28. The van der Waals surface area contributed by atoms with Crippen molar-refractivity contribution in [3.8, 4) is 5.75 Å². The van der Waals surface area contributed by atoms with Gasteiger partial charge in [0.15, 0.2) is 11.6 Å². The summed E-state index contributed by atoms with van der Waals surface area (Å²) in [4.78, 5) is 3.95. The first kappa shape index (κ1) is 13.1. The Morgan fingerprint density at radius 2 is 2.22 bits per heavy atom. The molecule has 2 atom stereocenters. The molecule has 0 aliphatic heterocycles. The lowest BCUT2D eigenvalue weighted by molar-refractivity contribution is 0.157. The maximum atomic E-state index is 11.6. The van der Waals surface area contributed by atoms with Gasteiger partial charge in [-0.1, -0.05) is 0 Å². The van der Waals surface area contributed by atoms with Crippen LogP contribution in [0.15, 0.2) is 18.3 Å². The summed E-state index contributed by atoms with van der Waals surface area (Å²) in [6.45, 7) is 0. The maximum Gasteiger partial charge on any atom is 0.166 e. The lowest BCUT2D eigenvalue weighted by Gasteiger charge is -2.28. The Bertz CT molecular complexity index is 516. The number of nitrogen functional groups attached to an aromatic ring is 1. The number of anilines is 1. The molecule has 1 aromatic heterocycles. The topological polar surface area (TPSA) is 82.3 Å². The third-order valence-corrected chi connectivity index (χ3v) is 4.92. The highest BCUT2D eigenvalue weighted by molar-refractivity contribution is 7.91. The standard InChI is InChI=1S/C12H18N2O3S/c1-18(15,16)10-5-2-4-9(8-10)17-11-6-3-7-14-12(11)13/h3,6-7,9-10H,2,4-5,8H2,1H3,(H2,13,14). The van der Waals surface area contributed by atoms with E-state index in [9.17, 15) is 8.42 Å². The average molecular weight is 270 g/mol. The molecular formula is C12H18N2O3S. The van der Waals surface area contributed by atoms with Crippen molar-refractivity contribution in [2.45, 2.75) is 37.0 Å². The predicted octanol–water partition coefficient (Wildman–Crippen LogP) is 1.40. The van der Waals surface area contributed by atoms with E-state index >= 15 is 0 Å². The molecule has 1 saturated carbocycles. The van der Waals surface area contributed by atoms with Gasteiger partial charge in [-0.25, -0.2) is 13.4 Å². The summed E-state index contributed by atoms with van der Waals surface area (Å²) in [5.41, 5.74) is 5.70. The largest absolute Gasteiger partial charge is 0.487 e. The monoisotopic (exact) mass is 270 g/mol. The summed E-state index contributed by atoms with van der Waals surface area (Å²) < 4.78 is 28.9. The van der Waals surface area contributed by atoms with Crippen molar-refractivity contribution in [3.05, 3.63) is 18.3 Å². The first-order valence-corrected chi connectivity index (χ1v) is 7.98. The molecule has 1 fully saturated rings. The van der Waals surface area contributed by atoms with Gasteiger partial charge in [-0.3, -0.25) is 0 Å². The van der Waals surface area contributed by atoms with Gasteiger partial charge in [-0.15, -0.1) is 0 Å². The molecular weight excluding hydrogens is 252 g/mol. The summed E-state index contributed by atoms with van der Waals surface area (Å²) in [6, 6.07) is 3.51. The number of sulfone groups is 1. The lowest BCUT2D eigenvalue weighted by atomic mass is 9.97. The zero-order valence-electron chi connectivity index (χ0n) is 10.4. The van der Waals surface area contributed by atoms with Crippen LogP contribution in [0.3, 0.4) is 0 Å². The molecule has 0 aromatic carbocycles. The number of hydrogen-bond donors (Lipinski definition) is 1. The second-order valence-electron chi connectivity index (χ2n) is 4.74. The normalized spacial score (nSPS) is 24.7. The number of hydrogen-bond acceptors (Lipinski definition) is 5. The van der Waals surface area contributed by atoms with E-state index in [-0.39, 0.29) is 11.4 Å². The molecule has 6 heteroatoms. The Labute approximate surface area is 107 Å². The van der Waals surface area contributed by atoms with Gasteiger partial charge in [-0.05, 0) is 31.4 Å². The number of nitrogens with zero attached hydrogens (tertiary/aromatic N) is 1. The molecule has 1 aliphatic rings. The van der Waals surface area contributed by atoms with Gasteiger partial charge in [0.2, 0.25) is 0 Å². The molecule has 1 aliphatic carbocycles. The Morgan fingerprint density at radius 3 is 2.89 bits per heavy atom. The molecule has 0 amide bonds. The molecule has 1 heterocycles. The first-order valence-electron chi connectivity index (χ1n) is 6.03. The van der Waals surface area contributed by atoms with Gasteiger partial charge in [0.05, 0.1) is 5.25 Å². The van der Waals surface area contributed by atoms with Crippen molar-refractivity contribution in [3.63, 3.8) is 0 Å². The van der Waals surface area contributed by atoms with Gasteiger partial charge < -0.3 is 10.5 Å². The van der Waals surface area contributed by atoms with E-state index in [4.69, 9.17) is 10.5 Å². The quantitative estimate of drug-likeness (QED) is 0.897. The molecule has 2 N–H and O–H groups in total. The van der Waals surface area contributed by atoms with Crippen LogP contribution < -0.4 is 10.5 Å². The van der Waals surface area contributed by atoms with Gasteiger partial charge >= 0.3 is 0 Å². The Balaban J connectivity index is 2.05. The molecule has 0 bridgehead atoms. The summed E-state index contributed by atoms with van der Waals surface area (Å²) in [7, 11) is -2.99. The number of nitrogens with two attached hydrogens (primary N) is 1. The van der Waals surface area contributed by atoms with E-state index in [1.54, 1.807) is 18.3 Å². The fraction of sp³-hybridized carbons (Fsp3) is 0.583. The van der Waals surface area contributed by atoms with E-state index in [2.05, 4.69) is 4.98 Å². The molecule has 0 saturated heterocycles. The number of aromatic nitrogens is 1. The van der Waals surface area contributed by atoms with Crippen LogP contribution >= 0.6 is 0 Å². The Kier molecular flexibility index (Phi) is 3.75. The van der Waals surface area contributed by atoms with Crippen LogP contribution in [-0.2, 0) is 9.84 Å². The summed E-state index contributed by atoms with van der Waals surface area (Å²) >= 11 is 0. The van der Waals surface area contributed by atoms with Crippen molar-refractivity contribution in [1.82, 2.24) is 4.98 Å². The van der Waals surface area contributed by atoms with Crippen molar-refractivity contribution < 1.29 is 13.2 Å². The number of ether oxygens (including phenoxy) is 1. The second kappa shape index (κ2) is 5.14. The smallest absolute Gasteiger partial charge is 0.166 e. The van der Waals surface area contributed by atoms with Gasteiger partial charge in [-0.2, -0.15) is 0 Å². The average Bonchev–Trinajstić information content (AvgIpc) is 2.31. The Hall–Kier alpha value is -1.30. The van der Waals surface area contributed by atoms with Crippen molar-refractivity contribution in [2.24, 2.45) is 0 Å². The molecule has 5 nitrogen and oxygen atoms in total. The van der Waals surface area contributed by atoms with Crippen LogP contribution in [0.1, 0.15) is 25.7 Å². The van der Waals surface area contributed by atoms with Gasteiger partial charge in [0.25, 0.3) is 0 Å². The van der Waals surface area contributed by atoms with E-state index < -0.39 is 9.84 Å². The van der Waals surface area contributed by atoms with Crippen LogP contribution in [0.5, 0.6) is 5.75 Å². The van der Waals surface area contributed by atoms with Crippen LogP contribution in [0.25, 0.3) is 0 Å². The zero-order chi connectivity index (χ0) is 13.2. The van der Waals surface area contributed by atoms with E-state index in [0.717, 1.165) is 19.3 Å². The highest BCUT2D eigenvalue weighted by Gasteiger charge is 2.30.